The number of aromatic amines is 1. The van der Waals surface area contributed by atoms with Crippen molar-refractivity contribution in [2.75, 3.05) is 0 Å². The van der Waals surface area contributed by atoms with E-state index in [4.69, 9.17) is 11.6 Å². The van der Waals surface area contributed by atoms with Crippen molar-refractivity contribution in [2.24, 2.45) is 0 Å². The van der Waals surface area contributed by atoms with Crippen molar-refractivity contribution in [1.29, 1.82) is 0 Å². The summed E-state index contributed by atoms with van der Waals surface area (Å²) in [5.74, 6) is 0.00493. The Labute approximate surface area is 74.4 Å². The van der Waals surface area contributed by atoms with Crippen molar-refractivity contribution in [3.63, 3.8) is 0 Å². The van der Waals surface area contributed by atoms with E-state index in [-0.39, 0.29) is 22.8 Å². The van der Waals surface area contributed by atoms with Crippen LogP contribution in [-0.4, -0.2) is 10.8 Å². The second kappa shape index (κ2) is 3.54. The molecule has 1 aromatic heterocycles. The molecule has 12 heavy (non-hydrogen) atoms. The number of Topliss-reactive ketones (excluding diaryl/α,β-unsaturated/α-hetero) is 1. The van der Waals surface area contributed by atoms with Gasteiger partial charge < -0.3 is 4.98 Å². The number of carbonyl (C=O) groups excluding carboxylic acids is 1. The molecule has 0 fully saturated rings. The molecule has 0 aliphatic heterocycles. The van der Waals surface area contributed by atoms with E-state index in [1.54, 1.807) is 6.07 Å². The van der Waals surface area contributed by atoms with Gasteiger partial charge in [0.15, 0.2) is 5.78 Å². The molecule has 0 aromatic carbocycles. The Hall–Kier alpha value is -1.09. The molecule has 0 amide bonds. The molecule has 1 N–H and O–H groups in total. The number of nitrogens with one attached hydrogen (secondary N) is 1. The predicted molar refractivity (Wildman–Crippen MR) is 46.6 cm³/mol. The molecule has 0 aliphatic carbocycles. The fourth-order valence-electron chi connectivity index (χ4n) is 0.870. The summed E-state index contributed by atoms with van der Waals surface area (Å²) in [5, 5.41) is 0. The van der Waals surface area contributed by atoms with E-state index in [9.17, 15) is 9.59 Å². The third-order valence-electron chi connectivity index (χ3n) is 1.49. The van der Waals surface area contributed by atoms with Crippen LogP contribution in [0.1, 0.15) is 23.0 Å². The van der Waals surface area contributed by atoms with Crippen LogP contribution in [0.3, 0.4) is 0 Å². The van der Waals surface area contributed by atoms with Crippen LogP contribution in [-0.2, 0) is 5.88 Å². The van der Waals surface area contributed by atoms with Gasteiger partial charge in [-0.25, -0.2) is 0 Å². The topological polar surface area (TPSA) is 49.9 Å². The lowest BCUT2D eigenvalue weighted by Gasteiger charge is -1.96. The van der Waals surface area contributed by atoms with Crippen molar-refractivity contribution in [2.45, 2.75) is 12.8 Å². The van der Waals surface area contributed by atoms with Gasteiger partial charge in [0, 0.05) is 5.69 Å². The summed E-state index contributed by atoms with van der Waals surface area (Å²) in [6, 6.07) is 3.12. The number of hydrogen-bond acceptors (Lipinski definition) is 2. The first-order valence-electron chi connectivity index (χ1n) is 3.44. The van der Waals surface area contributed by atoms with Crippen LogP contribution < -0.4 is 5.56 Å². The molecule has 0 spiro atoms. The highest BCUT2D eigenvalue weighted by Crippen LogP contribution is 1.98. The molecule has 0 unspecified atom stereocenters. The second-order valence-corrected chi connectivity index (χ2v) is 2.68. The van der Waals surface area contributed by atoms with Crippen LogP contribution in [0.4, 0.5) is 0 Å². The summed E-state index contributed by atoms with van der Waals surface area (Å²) in [4.78, 5) is 24.4. The van der Waals surface area contributed by atoms with Crippen molar-refractivity contribution in [1.82, 2.24) is 4.98 Å². The van der Waals surface area contributed by atoms with Gasteiger partial charge >= 0.3 is 0 Å². The SMILES string of the molecule is CC(=O)c1ccc(CCl)[nH]c1=O. The third-order valence-corrected chi connectivity index (χ3v) is 1.78. The fraction of sp³-hybridized carbons (Fsp3) is 0.250. The van der Waals surface area contributed by atoms with Gasteiger partial charge in [-0.15, -0.1) is 11.6 Å². The van der Waals surface area contributed by atoms with Gasteiger partial charge in [-0.2, -0.15) is 0 Å². The molecule has 64 valence electrons. The number of H-pyrrole nitrogens is 1. The van der Waals surface area contributed by atoms with Crippen molar-refractivity contribution < 1.29 is 4.79 Å². The molecule has 0 bridgehead atoms. The highest BCUT2D eigenvalue weighted by molar-refractivity contribution is 6.16. The first kappa shape index (κ1) is 9.00. The predicted octanol–water partition coefficient (Wildman–Crippen LogP) is 1.32. The zero-order chi connectivity index (χ0) is 9.14. The van der Waals surface area contributed by atoms with Gasteiger partial charge in [0.2, 0.25) is 0 Å². The Kier molecular flexibility index (Phi) is 2.65. The lowest BCUT2D eigenvalue weighted by Crippen LogP contribution is -2.16. The number of halogens is 1. The van der Waals surface area contributed by atoms with Crippen LogP contribution in [0.25, 0.3) is 0 Å². The molecule has 0 aliphatic rings. The summed E-state index contributed by atoms with van der Waals surface area (Å²) >= 11 is 5.48. The van der Waals surface area contributed by atoms with Crippen LogP contribution in [0.5, 0.6) is 0 Å². The van der Waals surface area contributed by atoms with Crippen molar-refractivity contribution in [3.8, 4) is 0 Å². The Morgan fingerprint density at radius 2 is 2.25 bits per heavy atom. The van der Waals surface area contributed by atoms with E-state index in [0.29, 0.717) is 5.69 Å². The molecule has 4 heteroatoms. The number of aromatic nitrogens is 1. The lowest BCUT2D eigenvalue weighted by molar-refractivity contribution is 0.101. The number of rotatable bonds is 2. The van der Waals surface area contributed by atoms with Gasteiger partial charge in [-0.3, -0.25) is 9.59 Å². The standard InChI is InChI=1S/C8H8ClNO2/c1-5(11)7-3-2-6(4-9)10-8(7)12/h2-3H,4H2,1H3,(H,10,12). The Bertz CT molecular complexity index is 356. The Morgan fingerprint density at radius 3 is 2.67 bits per heavy atom. The van der Waals surface area contributed by atoms with Gasteiger partial charge in [-0.05, 0) is 19.1 Å². The zero-order valence-electron chi connectivity index (χ0n) is 6.56. The van der Waals surface area contributed by atoms with Crippen LogP contribution in [0.15, 0.2) is 16.9 Å². The monoisotopic (exact) mass is 185 g/mol. The highest BCUT2D eigenvalue weighted by Gasteiger charge is 2.04. The summed E-state index contributed by atoms with van der Waals surface area (Å²) in [5.41, 5.74) is 0.413. The van der Waals surface area contributed by atoms with Gasteiger partial charge in [-0.1, -0.05) is 0 Å². The molecule has 0 saturated heterocycles. The van der Waals surface area contributed by atoms with Gasteiger partial charge in [0.25, 0.3) is 5.56 Å². The van der Waals surface area contributed by atoms with E-state index in [0.717, 1.165) is 0 Å². The maximum Gasteiger partial charge on any atom is 0.259 e. The number of pyridine rings is 1. The molecule has 1 rings (SSSR count). The summed E-state index contributed by atoms with van der Waals surface area (Å²) in [6.07, 6.45) is 0. The second-order valence-electron chi connectivity index (χ2n) is 2.42. The van der Waals surface area contributed by atoms with Crippen LogP contribution >= 0.6 is 11.6 Å². The number of alkyl halides is 1. The Balaban J connectivity index is 3.21. The molecular weight excluding hydrogens is 178 g/mol. The molecule has 0 atom stereocenters. The van der Waals surface area contributed by atoms with Gasteiger partial charge in [0.1, 0.15) is 0 Å². The number of hydrogen-bond donors (Lipinski definition) is 1. The quantitative estimate of drug-likeness (QED) is 0.558. The maximum absolute atomic E-state index is 11.1. The van der Waals surface area contributed by atoms with Crippen molar-refractivity contribution in [3.05, 3.63) is 33.7 Å². The average molecular weight is 186 g/mol. The smallest absolute Gasteiger partial charge is 0.259 e. The molecule has 1 aromatic rings. The molecule has 0 radical (unpaired) electrons. The minimum Gasteiger partial charge on any atom is -0.324 e. The molecule has 1 heterocycles. The van der Waals surface area contributed by atoms with Crippen molar-refractivity contribution >= 4 is 17.4 Å². The third kappa shape index (κ3) is 1.74. The van der Waals surface area contributed by atoms with Crippen LogP contribution in [0, 0.1) is 0 Å². The fourth-order valence-corrected chi connectivity index (χ4v) is 1.03. The number of ketones is 1. The first-order valence-corrected chi connectivity index (χ1v) is 3.97. The summed E-state index contributed by atoms with van der Waals surface area (Å²) in [6.45, 7) is 1.35. The van der Waals surface area contributed by atoms with E-state index >= 15 is 0 Å². The highest BCUT2D eigenvalue weighted by atomic mass is 35.5. The number of carbonyl (C=O) groups is 1. The Morgan fingerprint density at radius 1 is 1.58 bits per heavy atom. The summed E-state index contributed by atoms with van der Waals surface area (Å²) in [7, 11) is 0. The molecular formula is C8H8ClNO2. The van der Waals surface area contributed by atoms with E-state index in [1.807, 2.05) is 0 Å². The normalized spacial score (nSPS) is 9.83. The van der Waals surface area contributed by atoms with E-state index < -0.39 is 0 Å². The zero-order valence-corrected chi connectivity index (χ0v) is 7.31. The van der Waals surface area contributed by atoms with E-state index in [2.05, 4.69) is 4.98 Å². The van der Waals surface area contributed by atoms with Gasteiger partial charge in [0.05, 0.1) is 11.4 Å². The summed E-state index contributed by atoms with van der Waals surface area (Å²) < 4.78 is 0. The minimum atomic E-state index is -0.374. The first-order chi connectivity index (χ1) is 5.65. The average Bonchev–Trinajstić information content (AvgIpc) is 2.03. The minimum absolute atomic E-state index is 0.170. The van der Waals surface area contributed by atoms with Crippen LogP contribution in [0.2, 0.25) is 0 Å². The maximum atomic E-state index is 11.1. The lowest BCUT2D eigenvalue weighted by atomic mass is 10.2. The largest absolute Gasteiger partial charge is 0.324 e. The molecule has 0 saturated carbocycles. The molecule has 3 nitrogen and oxygen atoms in total. The van der Waals surface area contributed by atoms with E-state index in [1.165, 1.54) is 13.0 Å².